The predicted molar refractivity (Wildman–Crippen MR) is 83.4 cm³/mol. The van der Waals surface area contributed by atoms with Gasteiger partial charge in [0, 0.05) is 16.5 Å². The minimum atomic E-state index is -0.0556. The molecule has 1 aromatic carbocycles. The molecule has 19 heavy (non-hydrogen) atoms. The molecule has 0 saturated heterocycles. The molecule has 0 saturated carbocycles. The summed E-state index contributed by atoms with van der Waals surface area (Å²) in [5.41, 5.74) is 1.95. The molecule has 1 N–H and O–H groups in total. The van der Waals surface area contributed by atoms with Gasteiger partial charge in [-0.05, 0) is 40.2 Å². The molecule has 1 heterocycles. The molecule has 0 radical (unpaired) electrons. The molecule has 2 aromatic rings. The van der Waals surface area contributed by atoms with E-state index in [1.165, 1.54) is 0 Å². The zero-order valence-electron chi connectivity index (χ0n) is 10.5. The van der Waals surface area contributed by atoms with Crippen LogP contribution in [0.3, 0.4) is 0 Å². The number of aryl methyl sites for hydroxylation is 1. The second kappa shape index (κ2) is 6.35. The third kappa shape index (κ3) is 3.18. The standard InChI is InChI=1S/C12H13Br2ClN4/c1-3-16-10(11-12(14)17-18-19(11)2)8-5-4-7(13)6-9(8)15/h4-6,10,16H,3H2,1-2H3. The molecule has 0 aliphatic heterocycles. The van der Waals surface area contributed by atoms with Crippen molar-refractivity contribution in [1.82, 2.24) is 20.3 Å². The summed E-state index contributed by atoms with van der Waals surface area (Å²) in [6.07, 6.45) is 0. The Morgan fingerprint density at radius 3 is 2.68 bits per heavy atom. The molecule has 0 aliphatic carbocycles. The van der Waals surface area contributed by atoms with E-state index in [0.29, 0.717) is 5.02 Å². The van der Waals surface area contributed by atoms with E-state index in [9.17, 15) is 0 Å². The molecular weight excluding hydrogens is 395 g/mol. The lowest BCUT2D eigenvalue weighted by atomic mass is 10.0. The normalized spacial score (nSPS) is 12.7. The lowest BCUT2D eigenvalue weighted by molar-refractivity contribution is 0.567. The first-order valence-electron chi connectivity index (χ1n) is 5.78. The Morgan fingerprint density at radius 2 is 2.16 bits per heavy atom. The fourth-order valence-corrected chi connectivity index (χ4v) is 3.28. The number of aromatic nitrogens is 3. The first-order chi connectivity index (χ1) is 9.04. The van der Waals surface area contributed by atoms with Gasteiger partial charge in [0.15, 0.2) is 4.60 Å². The zero-order chi connectivity index (χ0) is 14.0. The van der Waals surface area contributed by atoms with E-state index in [0.717, 1.165) is 26.9 Å². The average molecular weight is 409 g/mol. The van der Waals surface area contributed by atoms with Crippen molar-refractivity contribution >= 4 is 43.5 Å². The molecule has 1 unspecified atom stereocenters. The van der Waals surface area contributed by atoms with E-state index < -0.39 is 0 Å². The largest absolute Gasteiger partial charge is 0.305 e. The van der Waals surface area contributed by atoms with Crippen LogP contribution in [-0.2, 0) is 7.05 Å². The molecule has 0 fully saturated rings. The van der Waals surface area contributed by atoms with E-state index >= 15 is 0 Å². The van der Waals surface area contributed by atoms with Gasteiger partial charge in [-0.1, -0.05) is 45.7 Å². The van der Waals surface area contributed by atoms with Crippen LogP contribution in [0.2, 0.25) is 5.02 Å². The van der Waals surface area contributed by atoms with Crippen LogP contribution in [0, 0.1) is 0 Å². The van der Waals surface area contributed by atoms with E-state index in [-0.39, 0.29) is 6.04 Å². The maximum absolute atomic E-state index is 6.35. The van der Waals surface area contributed by atoms with Gasteiger partial charge in [-0.3, -0.25) is 0 Å². The van der Waals surface area contributed by atoms with Crippen molar-refractivity contribution in [3.63, 3.8) is 0 Å². The lowest BCUT2D eigenvalue weighted by Crippen LogP contribution is -2.25. The average Bonchev–Trinajstić information content (AvgIpc) is 2.67. The van der Waals surface area contributed by atoms with E-state index in [4.69, 9.17) is 11.6 Å². The quantitative estimate of drug-likeness (QED) is 0.839. The number of nitrogens with zero attached hydrogens (tertiary/aromatic N) is 3. The smallest absolute Gasteiger partial charge is 0.153 e. The molecule has 0 aliphatic rings. The maximum atomic E-state index is 6.35. The summed E-state index contributed by atoms with van der Waals surface area (Å²) >= 11 is 13.2. The van der Waals surface area contributed by atoms with Crippen molar-refractivity contribution in [2.24, 2.45) is 7.05 Å². The van der Waals surface area contributed by atoms with Gasteiger partial charge < -0.3 is 5.32 Å². The minimum Gasteiger partial charge on any atom is -0.305 e. The van der Waals surface area contributed by atoms with Gasteiger partial charge in [0.05, 0.1) is 11.7 Å². The highest BCUT2D eigenvalue weighted by atomic mass is 79.9. The Morgan fingerprint density at radius 1 is 1.42 bits per heavy atom. The second-order valence-corrected chi connectivity index (χ2v) is 6.12. The Labute approximate surface area is 133 Å². The number of benzene rings is 1. The van der Waals surface area contributed by atoms with Crippen LogP contribution in [0.1, 0.15) is 24.2 Å². The second-order valence-electron chi connectivity index (χ2n) is 4.05. The molecule has 102 valence electrons. The molecule has 1 aromatic heterocycles. The van der Waals surface area contributed by atoms with Crippen molar-refractivity contribution in [1.29, 1.82) is 0 Å². The molecule has 0 amide bonds. The summed E-state index contributed by atoms with van der Waals surface area (Å²) in [5, 5.41) is 12.2. The Balaban J connectivity index is 2.51. The van der Waals surface area contributed by atoms with Crippen LogP contribution in [0.4, 0.5) is 0 Å². The zero-order valence-corrected chi connectivity index (χ0v) is 14.4. The lowest BCUT2D eigenvalue weighted by Gasteiger charge is -2.20. The van der Waals surface area contributed by atoms with Gasteiger partial charge in [-0.2, -0.15) is 0 Å². The summed E-state index contributed by atoms with van der Waals surface area (Å²) in [6, 6.07) is 5.81. The monoisotopic (exact) mass is 406 g/mol. The SMILES string of the molecule is CCNC(c1ccc(Br)cc1Cl)c1c(Br)nnn1C. The van der Waals surface area contributed by atoms with E-state index in [2.05, 4.69) is 54.4 Å². The summed E-state index contributed by atoms with van der Waals surface area (Å²) in [7, 11) is 1.87. The highest BCUT2D eigenvalue weighted by molar-refractivity contribution is 9.10. The summed E-state index contributed by atoms with van der Waals surface area (Å²) in [6.45, 7) is 2.87. The topological polar surface area (TPSA) is 42.7 Å². The maximum Gasteiger partial charge on any atom is 0.153 e. The van der Waals surface area contributed by atoms with Crippen LogP contribution < -0.4 is 5.32 Å². The van der Waals surface area contributed by atoms with Crippen molar-refractivity contribution in [2.45, 2.75) is 13.0 Å². The molecule has 7 heteroatoms. The number of hydrogen-bond acceptors (Lipinski definition) is 3. The highest BCUT2D eigenvalue weighted by Crippen LogP contribution is 2.32. The van der Waals surface area contributed by atoms with Crippen LogP contribution in [-0.4, -0.2) is 21.5 Å². The highest BCUT2D eigenvalue weighted by Gasteiger charge is 2.23. The molecular formula is C12H13Br2ClN4. The number of nitrogens with one attached hydrogen (secondary N) is 1. The first kappa shape index (κ1) is 15.0. The minimum absolute atomic E-state index is 0.0556. The van der Waals surface area contributed by atoms with E-state index in [1.807, 2.05) is 25.2 Å². The van der Waals surface area contributed by atoms with Crippen LogP contribution in [0.25, 0.3) is 0 Å². The van der Waals surface area contributed by atoms with Gasteiger partial charge >= 0.3 is 0 Å². The summed E-state index contributed by atoms with van der Waals surface area (Å²) in [4.78, 5) is 0. The van der Waals surface area contributed by atoms with Gasteiger partial charge in [0.1, 0.15) is 0 Å². The Hall–Kier alpha value is -0.430. The van der Waals surface area contributed by atoms with Gasteiger partial charge in [-0.25, -0.2) is 4.68 Å². The number of halogens is 3. The molecule has 0 bridgehead atoms. The third-order valence-corrected chi connectivity index (χ3v) is 4.17. The Bertz CT molecular complexity index is 566. The number of rotatable bonds is 4. The Kier molecular flexibility index (Phi) is 5.00. The van der Waals surface area contributed by atoms with Gasteiger partial charge in [0.25, 0.3) is 0 Å². The van der Waals surface area contributed by atoms with Crippen LogP contribution >= 0.6 is 43.5 Å². The van der Waals surface area contributed by atoms with E-state index in [1.54, 1.807) is 4.68 Å². The summed E-state index contributed by atoms with van der Waals surface area (Å²) < 4.78 is 3.43. The molecule has 0 spiro atoms. The molecule has 2 rings (SSSR count). The third-order valence-electron chi connectivity index (χ3n) is 2.78. The van der Waals surface area contributed by atoms with Crippen molar-refractivity contribution in [3.8, 4) is 0 Å². The predicted octanol–water partition coefficient (Wildman–Crippen LogP) is 3.69. The van der Waals surface area contributed by atoms with Crippen LogP contribution in [0.5, 0.6) is 0 Å². The molecule has 1 atom stereocenters. The van der Waals surface area contributed by atoms with Gasteiger partial charge in [-0.15, -0.1) is 5.10 Å². The van der Waals surface area contributed by atoms with Gasteiger partial charge in [0.2, 0.25) is 0 Å². The van der Waals surface area contributed by atoms with Crippen LogP contribution in [0.15, 0.2) is 27.3 Å². The summed E-state index contributed by atoms with van der Waals surface area (Å²) in [5.74, 6) is 0. The number of hydrogen-bond donors (Lipinski definition) is 1. The van der Waals surface area contributed by atoms with Crippen molar-refractivity contribution in [2.75, 3.05) is 6.54 Å². The van der Waals surface area contributed by atoms with Crippen molar-refractivity contribution in [3.05, 3.63) is 43.6 Å². The fraction of sp³-hybridized carbons (Fsp3) is 0.333. The fourth-order valence-electron chi connectivity index (χ4n) is 1.94. The molecule has 4 nitrogen and oxygen atoms in total. The van der Waals surface area contributed by atoms with Crippen molar-refractivity contribution < 1.29 is 0 Å². The first-order valence-corrected chi connectivity index (χ1v) is 7.74.